The van der Waals surface area contributed by atoms with Crippen molar-refractivity contribution in [2.45, 2.75) is 19.6 Å². The molecular formula is C24H22Cl2N2O3. The van der Waals surface area contributed by atoms with Gasteiger partial charge in [-0.05, 0) is 61.0 Å². The zero-order valence-electron chi connectivity index (χ0n) is 17.1. The molecule has 1 heterocycles. The van der Waals surface area contributed by atoms with E-state index in [1.54, 1.807) is 25.3 Å². The summed E-state index contributed by atoms with van der Waals surface area (Å²) in [5, 5.41) is 1.05. The van der Waals surface area contributed by atoms with Crippen molar-refractivity contribution in [2.24, 2.45) is 0 Å². The van der Waals surface area contributed by atoms with Crippen LogP contribution in [0.5, 0.6) is 17.2 Å². The van der Waals surface area contributed by atoms with Crippen molar-refractivity contribution in [3.05, 3.63) is 82.6 Å². The molecule has 0 aliphatic carbocycles. The van der Waals surface area contributed by atoms with E-state index >= 15 is 0 Å². The monoisotopic (exact) mass is 456 g/mol. The van der Waals surface area contributed by atoms with E-state index in [-0.39, 0.29) is 0 Å². The lowest BCUT2D eigenvalue weighted by molar-refractivity contribution is 0.280. The number of imidazole rings is 1. The fourth-order valence-electron chi connectivity index (χ4n) is 3.30. The maximum Gasteiger partial charge on any atom is 0.148 e. The Labute approximate surface area is 191 Å². The van der Waals surface area contributed by atoms with Crippen LogP contribution in [0, 0.1) is 0 Å². The number of hydrogen-bond acceptors (Lipinski definition) is 4. The molecule has 4 rings (SSSR count). The van der Waals surface area contributed by atoms with E-state index in [0.29, 0.717) is 29.0 Å². The Kier molecular flexibility index (Phi) is 6.85. The largest absolute Gasteiger partial charge is 0.497 e. The van der Waals surface area contributed by atoms with Gasteiger partial charge in [-0.1, -0.05) is 35.3 Å². The number of aryl methyl sites for hydroxylation is 1. The van der Waals surface area contributed by atoms with E-state index in [1.165, 1.54) is 0 Å². The number of ether oxygens (including phenoxy) is 3. The molecule has 0 radical (unpaired) electrons. The predicted molar refractivity (Wildman–Crippen MR) is 124 cm³/mol. The van der Waals surface area contributed by atoms with Gasteiger partial charge in [-0.2, -0.15) is 0 Å². The van der Waals surface area contributed by atoms with Crippen LogP contribution in [-0.4, -0.2) is 23.3 Å². The summed E-state index contributed by atoms with van der Waals surface area (Å²) in [5.41, 5.74) is 1.99. The molecular weight excluding hydrogens is 435 g/mol. The van der Waals surface area contributed by atoms with Crippen molar-refractivity contribution in [3.63, 3.8) is 0 Å². The van der Waals surface area contributed by atoms with Crippen LogP contribution in [-0.2, 0) is 13.2 Å². The second-order valence-corrected chi connectivity index (χ2v) is 7.75. The lowest BCUT2D eigenvalue weighted by Gasteiger charge is -2.12. The molecule has 0 spiro atoms. The summed E-state index contributed by atoms with van der Waals surface area (Å²) in [6.07, 6.45) is 0.821. The number of rotatable bonds is 9. The van der Waals surface area contributed by atoms with E-state index in [4.69, 9.17) is 42.4 Å². The molecule has 0 aliphatic rings. The molecule has 0 amide bonds. The van der Waals surface area contributed by atoms with Crippen LogP contribution in [0.3, 0.4) is 0 Å². The molecule has 0 N–H and O–H groups in total. The number of para-hydroxylation sites is 2. The predicted octanol–water partition coefficient (Wildman–Crippen LogP) is 6.40. The number of methoxy groups -OCH3 is 1. The topological polar surface area (TPSA) is 45.5 Å². The molecule has 0 saturated heterocycles. The van der Waals surface area contributed by atoms with E-state index in [0.717, 1.165) is 41.3 Å². The van der Waals surface area contributed by atoms with Gasteiger partial charge in [-0.25, -0.2) is 4.98 Å². The minimum absolute atomic E-state index is 0.301. The Balaban J connectivity index is 1.43. The quantitative estimate of drug-likeness (QED) is 0.273. The van der Waals surface area contributed by atoms with Gasteiger partial charge < -0.3 is 18.8 Å². The first-order chi connectivity index (χ1) is 15.1. The zero-order valence-corrected chi connectivity index (χ0v) is 18.6. The van der Waals surface area contributed by atoms with Gasteiger partial charge in [0.25, 0.3) is 0 Å². The molecule has 7 heteroatoms. The number of hydrogen-bond donors (Lipinski definition) is 0. The van der Waals surface area contributed by atoms with Crippen LogP contribution in [0.1, 0.15) is 12.2 Å². The molecule has 1 aromatic heterocycles. The highest BCUT2D eigenvalue weighted by Crippen LogP contribution is 2.28. The third-order valence-corrected chi connectivity index (χ3v) is 5.37. The van der Waals surface area contributed by atoms with Gasteiger partial charge in [-0.15, -0.1) is 0 Å². The van der Waals surface area contributed by atoms with E-state index in [1.807, 2.05) is 42.5 Å². The minimum atomic E-state index is 0.301. The fraction of sp³-hybridized carbons (Fsp3) is 0.208. The molecule has 0 aliphatic heterocycles. The van der Waals surface area contributed by atoms with Gasteiger partial charge in [0.2, 0.25) is 0 Å². The Morgan fingerprint density at radius 1 is 0.903 bits per heavy atom. The van der Waals surface area contributed by atoms with Gasteiger partial charge in [0.05, 0.1) is 29.8 Å². The van der Waals surface area contributed by atoms with Crippen molar-refractivity contribution in [1.29, 1.82) is 0 Å². The van der Waals surface area contributed by atoms with Crippen molar-refractivity contribution >= 4 is 34.2 Å². The second-order valence-electron chi connectivity index (χ2n) is 6.91. The Hall–Kier alpha value is -2.89. The summed E-state index contributed by atoms with van der Waals surface area (Å²) in [7, 11) is 1.65. The summed E-state index contributed by atoms with van der Waals surface area (Å²) < 4.78 is 19.1. The highest BCUT2D eigenvalue weighted by atomic mass is 35.5. The minimum Gasteiger partial charge on any atom is -0.497 e. The average Bonchev–Trinajstić information content (AvgIpc) is 3.14. The molecule has 0 unspecified atom stereocenters. The van der Waals surface area contributed by atoms with Crippen LogP contribution in [0.4, 0.5) is 0 Å². The van der Waals surface area contributed by atoms with Gasteiger partial charge in [0.1, 0.15) is 29.7 Å². The van der Waals surface area contributed by atoms with Crippen molar-refractivity contribution in [2.75, 3.05) is 13.7 Å². The number of fused-ring (bicyclic) bond motifs is 1. The Morgan fingerprint density at radius 3 is 2.45 bits per heavy atom. The third-order valence-electron chi connectivity index (χ3n) is 4.84. The first-order valence-corrected chi connectivity index (χ1v) is 10.7. The zero-order chi connectivity index (χ0) is 21.6. The fourth-order valence-corrected chi connectivity index (χ4v) is 3.77. The van der Waals surface area contributed by atoms with Crippen LogP contribution in [0.25, 0.3) is 11.0 Å². The summed E-state index contributed by atoms with van der Waals surface area (Å²) in [5.74, 6) is 3.03. The summed E-state index contributed by atoms with van der Waals surface area (Å²) >= 11 is 12.2. The van der Waals surface area contributed by atoms with Crippen LogP contribution >= 0.6 is 23.2 Å². The van der Waals surface area contributed by atoms with Crippen LogP contribution < -0.4 is 14.2 Å². The Morgan fingerprint density at radius 2 is 1.68 bits per heavy atom. The van der Waals surface area contributed by atoms with Crippen LogP contribution in [0.15, 0.2) is 66.7 Å². The normalized spacial score (nSPS) is 10.9. The first kappa shape index (κ1) is 21.3. The number of benzene rings is 3. The molecule has 3 aromatic carbocycles. The molecule has 5 nitrogen and oxygen atoms in total. The number of halogens is 2. The van der Waals surface area contributed by atoms with Gasteiger partial charge in [0, 0.05) is 11.6 Å². The van der Waals surface area contributed by atoms with Crippen molar-refractivity contribution < 1.29 is 14.2 Å². The SMILES string of the molecule is COc1ccc(OCCCn2c(COc3ccc(Cl)cc3Cl)nc3ccccc32)cc1. The maximum absolute atomic E-state index is 6.23. The first-order valence-electron chi connectivity index (χ1n) is 9.93. The third kappa shape index (κ3) is 5.24. The highest BCUT2D eigenvalue weighted by molar-refractivity contribution is 6.35. The lowest BCUT2D eigenvalue weighted by atomic mass is 10.3. The molecule has 0 saturated carbocycles. The maximum atomic E-state index is 6.23. The second kappa shape index (κ2) is 9.94. The smallest absolute Gasteiger partial charge is 0.148 e. The summed E-state index contributed by atoms with van der Waals surface area (Å²) in [6, 6.07) is 20.8. The highest BCUT2D eigenvalue weighted by Gasteiger charge is 2.12. The standard InChI is InChI=1S/C24H22Cl2N2O3/c1-29-18-8-10-19(11-9-18)30-14-4-13-28-22-6-3-2-5-21(22)27-24(28)16-31-23-12-7-17(25)15-20(23)26/h2-3,5-12,15H,4,13-14,16H2,1H3. The van der Waals surface area contributed by atoms with Crippen molar-refractivity contribution in [1.82, 2.24) is 9.55 Å². The van der Waals surface area contributed by atoms with Gasteiger partial charge in [0.15, 0.2) is 0 Å². The van der Waals surface area contributed by atoms with E-state index in [2.05, 4.69) is 10.6 Å². The number of aromatic nitrogens is 2. The lowest BCUT2D eigenvalue weighted by Crippen LogP contribution is -2.10. The van der Waals surface area contributed by atoms with Gasteiger partial charge >= 0.3 is 0 Å². The van der Waals surface area contributed by atoms with E-state index < -0.39 is 0 Å². The molecule has 0 atom stereocenters. The van der Waals surface area contributed by atoms with E-state index in [9.17, 15) is 0 Å². The summed E-state index contributed by atoms with van der Waals surface area (Å²) in [4.78, 5) is 4.75. The van der Waals surface area contributed by atoms with Crippen LogP contribution in [0.2, 0.25) is 10.0 Å². The molecule has 31 heavy (non-hydrogen) atoms. The van der Waals surface area contributed by atoms with Crippen molar-refractivity contribution in [3.8, 4) is 17.2 Å². The molecule has 0 bridgehead atoms. The summed E-state index contributed by atoms with van der Waals surface area (Å²) in [6.45, 7) is 1.64. The number of nitrogens with zero attached hydrogens (tertiary/aromatic N) is 2. The average molecular weight is 457 g/mol. The molecule has 0 fully saturated rings. The molecule has 160 valence electrons. The molecule has 4 aromatic rings. The Bertz CT molecular complexity index is 1160. The van der Waals surface area contributed by atoms with Gasteiger partial charge in [-0.3, -0.25) is 0 Å².